The number of benzene rings is 2. The van der Waals surface area contributed by atoms with Crippen molar-refractivity contribution in [3.63, 3.8) is 0 Å². The van der Waals surface area contributed by atoms with Crippen LogP contribution in [0.25, 0.3) is 0 Å². The number of aromatic nitrogens is 1. The average Bonchev–Trinajstić information content (AvgIpc) is 2.74. The standard InChI is InChI=1S/C22H24N2O3S2/c1-17(2)21-12-11-20(28(25)19-9-4-3-5-10-19)16-22(21)29(26,27)24-15-13-18-8-6-7-14-23-18/h3-12,14,16-17,24H,13,15H2,1-2H3. The molecule has 5 nitrogen and oxygen atoms in total. The molecule has 1 N–H and O–H groups in total. The largest absolute Gasteiger partial charge is 0.606 e. The number of nitrogens with one attached hydrogen (secondary N) is 1. The van der Waals surface area contributed by atoms with Crippen molar-refractivity contribution < 1.29 is 13.0 Å². The van der Waals surface area contributed by atoms with Gasteiger partial charge in [0.2, 0.25) is 10.0 Å². The lowest BCUT2D eigenvalue weighted by Crippen LogP contribution is -2.27. The Kier molecular flexibility index (Phi) is 7.08. The van der Waals surface area contributed by atoms with Gasteiger partial charge in [-0.25, -0.2) is 13.1 Å². The Morgan fingerprint density at radius 3 is 2.38 bits per heavy atom. The highest BCUT2D eigenvalue weighted by atomic mass is 32.2. The third-order valence-corrected chi connectivity index (χ3v) is 7.37. The maximum absolute atomic E-state index is 13.0. The monoisotopic (exact) mass is 428 g/mol. The summed E-state index contributed by atoms with van der Waals surface area (Å²) in [6.45, 7) is 4.12. The van der Waals surface area contributed by atoms with Crippen LogP contribution in [0.5, 0.6) is 0 Å². The van der Waals surface area contributed by atoms with E-state index in [0.717, 1.165) is 5.69 Å². The van der Waals surface area contributed by atoms with Crippen LogP contribution in [0.15, 0.2) is 87.6 Å². The molecule has 3 aromatic rings. The first-order valence-corrected chi connectivity index (χ1v) is 12.0. The van der Waals surface area contributed by atoms with E-state index in [1.807, 2.05) is 50.2 Å². The molecule has 0 fully saturated rings. The lowest BCUT2D eigenvalue weighted by molar-refractivity contribution is 0.578. The fraction of sp³-hybridized carbons (Fsp3) is 0.227. The number of pyridine rings is 1. The zero-order valence-electron chi connectivity index (χ0n) is 16.4. The van der Waals surface area contributed by atoms with Crippen molar-refractivity contribution >= 4 is 21.2 Å². The molecule has 7 heteroatoms. The quantitative estimate of drug-likeness (QED) is 0.552. The summed E-state index contributed by atoms with van der Waals surface area (Å²) >= 11 is -1.45. The van der Waals surface area contributed by atoms with Gasteiger partial charge in [0, 0.05) is 42.1 Å². The highest BCUT2D eigenvalue weighted by Crippen LogP contribution is 2.29. The molecular weight excluding hydrogens is 404 g/mol. The van der Waals surface area contributed by atoms with Gasteiger partial charge in [-0.05, 0) is 41.8 Å². The first-order valence-electron chi connectivity index (χ1n) is 9.39. The third-order valence-electron chi connectivity index (χ3n) is 4.47. The summed E-state index contributed by atoms with van der Waals surface area (Å²) in [7, 11) is -3.76. The Hall–Kier alpha value is -2.19. The van der Waals surface area contributed by atoms with Crippen LogP contribution >= 0.6 is 0 Å². The van der Waals surface area contributed by atoms with Crippen molar-refractivity contribution in [2.45, 2.75) is 40.9 Å². The summed E-state index contributed by atoms with van der Waals surface area (Å²) in [5, 5.41) is 0. The number of hydrogen-bond acceptors (Lipinski definition) is 4. The van der Waals surface area contributed by atoms with Crippen molar-refractivity contribution in [1.29, 1.82) is 0 Å². The predicted octanol–water partition coefficient (Wildman–Crippen LogP) is 3.89. The minimum atomic E-state index is -3.76. The fourth-order valence-electron chi connectivity index (χ4n) is 2.96. The second-order valence-corrected chi connectivity index (χ2v) is 10.1. The van der Waals surface area contributed by atoms with E-state index in [1.165, 1.54) is 6.07 Å². The van der Waals surface area contributed by atoms with Crippen LogP contribution in [0.4, 0.5) is 0 Å². The first kappa shape index (κ1) is 21.5. The Bertz CT molecular complexity index is 1040. The van der Waals surface area contributed by atoms with Crippen molar-refractivity contribution in [1.82, 2.24) is 9.71 Å². The molecule has 1 unspecified atom stereocenters. The highest BCUT2D eigenvalue weighted by molar-refractivity contribution is 7.91. The molecule has 0 amide bonds. The normalized spacial score (nSPS) is 12.8. The zero-order chi connectivity index (χ0) is 20.9. The molecule has 0 saturated heterocycles. The Morgan fingerprint density at radius 1 is 1.00 bits per heavy atom. The summed E-state index contributed by atoms with van der Waals surface area (Å²) in [6, 6.07) is 19.6. The fourth-order valence-corrected chi connectivity index (χ4v) is 5.55. The summed E-state index contributed by atoms with van der Waals surface area (Å²) < 4.78 is 41.6. The Labute approximate surface area is 175 Å². The number of sulfonamides is 1. The average molecular weight is 429 g/mol. The Morgan fingerprint density at radius 2 is 1.72 bits per heavy atom. The van der Waals surface area contributed by atoms with E-state index in [2.05, 4.69) is 9.71 Å². The van der Waals surface area contributed by atoms with Gasteiger partial charge < -0.3 is 4.55 Å². The third kappa shape index (κ3) is 5.45. The molecule has 0 radical (unpaired) electrons. The van der Waals surface area contributed by atoms with E-state index in [0.29, 0.717) is 21.8 Å². The summed E-state index contributed by atoms with van der Waals surface area (Å²) in [4.78, 5) is 5.49. The van der Waals surface area contributed by atoms with Crippen LogP contribution in [0.2, 0.25) is 0 Å². The van der Waals surface area contributed by atoms with Gasteiger partial charge in [-0.3, -0.25) is 4.98 Å². The maximum Gasteiger partial charge on any atom is 0.241 e. The maximum atomic E-state index is 13.0. The van der Waals surface area contributed by atoms with Crippen LogP contribution in [0.3, 0.4) is 0 Å². The highest BCUT2D eigenvalue weighted by Gasteiger charge is 2.24. The van der Waals surface area contributed by atoms with E-state index in [-0.39, 0.29) is 17.4 Å². The molecule has 0 aliphatic rings. The van der Waals surface area contributed by atoms with Crippen LogP contribution in [0, 0.1) is 0 Å². The van der Waals surface area contributed by atoms with Crippen LogP contribution in [0.1, 0.15) is 31.0 Å². The van der Waals surface area contributed by atoms with Gasteiger partial charge in [-0.15, -0.1) is 0 Å². The van der Waals surface area contributed by atoms with Gasteiger partial charge >= 0.3 is 0 Å². The van der Waals surface area contributed by atoms with Gasteiger partial charge in [0.1, 0.15) is 0 Å². The smallest absolute Gasteiger partial charge is 0.241 e. The minimum Gasteiger partial charge on any atom is -0.606 e. The first-order chi connectivity index (χ1) is 13.9. The molecular formula is C22H24N2O3S2. The molecule has 29 heavy (non-hydrogen) atoms. The van der Waals surface area contributed by atoms with Crippen molar-refractivity contribution in [2.24, 2.45) is 0 Å². The van der Waals surface area contributed by atoms with E-state index >= 15 is 0 Å². The van der Waals surface area contributed by atoms with Crippen LogP contribution in [-0.2, 0) is 27.6 Å². The Balaban J connectivity index is 1.86. The van der Waals surface area contributed by atoms with Crippen molar-refractivity contribution in [3.05, 3.63) is 84.2 Å². The predicted molar refractivity (Wildman–Crippen MR) is 115 cm³/mol. The van der Waals surface area contributed by atoms with Crippen molar-refractivity contribution in [3.8, 4) is 0 Å². The molecule has 0 bridgehead atoms. The lowest BCUT2D eigenvalue weighted by atomic mass is 10.0. The number of hydrogen-bond donors (Lipinski definition) is 1. The molecule has 1 aromatic heterocycles. The molecule has 0 aliphatic carbocycles. The van der Waals surface area contributed by atoms with Crippen LogP contribution < -0.4 is 4.72 Å². The number of nitrogens with zero attached hydrogens (tertiary/aromatic N) is 1. The topological polar surface area (TPSA) is 82.1 Å². The molecule has 0 spiro atoms. The summed E-state index contributed by atoms with van der Waals surface area (Å²) in [6.07, 6.45) is 2.18. The van der Waals surface area contributed by atoms with Crippen molar-refractivity contribution in [2.75, 3.05) is 6.54 Å². The molecule has 0 saturated carbocycles. The zero-order valence-corrected chi connectivity index (χ0v) is 18.0. The molecule has 152 valence electrons. The van der Waals surface area contributed by atoms with Crippen LogP contribution in [-0.4, -0.2) is 24.5 Å². The lowest BCUT2D eigenvalue weighted by Gasteiger charge is -2.17. The van der Waals surface area contributed by atoms with E-state index in [4.69, 9.17) is 0 Å². The van der Waals surface area contributed by atoms with E-state index < -0.39 is 21.2 Å². The summed E-state index contributed by atoms with van der Waals surface area (Å²) in [5.74, 6) is 0.0107. The van der Waals surface area contributed by atoms with Gasteiger partial charge in [0.15, 0.2) is 9.79 Å². The molecule has 0 aliphatic heterocycles. The molecule has 3 rings (SSSR count). The SMILES string of the molecule is CC(C)c1ccc([S+]([O-])c2ccccc2)cc1S(=O)(=O)NCCc1ccccn1. The minimum absolute atomic E-state index is 0.0107. The van der Waals surface area contributed by atoms with Gasteiger partial charge in [-0.1, -0.05) is 44.2 Å². The van der Waals surface area contributed by atoms with E-state index in [9.17, 15) is 13.0 Å². The van der Waals surface area contributed by atoms with Gasteiger partial charge in [0.25, 0.3) is 0 Å². The summed E-state index contributed by atoms with van der Waals surface area (Å²) in [5.41, 5.74) is 1.52. The molecule has 1 heterocycles. The molecule has 2 aromatic carbocycles. The van der Waals surface area contributed by atoms with E-state index in [1.54, 1.807) is 30.5 Å². The second kappa shape index (κ2) is 9.54. The second-order valence-electron chi connectivity index (χ2n) is 6.90. The van der Waals surface area contributed by atoms with Gasteiger partial charge in [-0.2, -0.15) is 0 Å². The number of rotatable bonds is 8. The molecule has 1 atom stereocenters. The van der Waals surface area contributed by atoms with Gasteiger partial charge in [0.05, 0.1) is 4.90 Å².